The van der Waals surface area contributed by atoms with Gasteiger partial charge in [0.05, 0.1) is 6.61 Å². The summed E-state index contributed by atoms with van der Waals surface area (Å²) in [6, 6.07) is 8.13. The summed E-state index contributed by atoms with van der Waals surface area (Å²) in [5, 5.41) is 2.63. The largest absolute Gasteiger partial charge is 0.496 e. The SMILES string of the molecule is CCOC1=CC(=O)N(C(=O)[C@@H](NC(=O)OC(C)(C)C)C(C)C)[C@H]1Cc1ccccc1. The summed E-state index contributed by atoms with van der Waals surface area (Å²) >= 11 is 0. The van der Waals surface area contributed by atoms with E-state index in [1.165, 1.54) is 11.0 Å². The van der Waals surface area contributed by atoms with Crippen LogP contribution in [0.2, 0.25) is 0 Å². The van der Waals surface area contributed by atoms with E-state index in [0.29, 0.717) is 18.8 Å². The Hall–Kier alpha value is -2.83. The van der Waals surface area contributed by atoms with Crippen LogP contribution in [0.4, 0.5) is 4.79 Å². The Balaban J connectivity index is 2.27. The van der Waals surface area contributed by atoms with Crippen molar-refractivity contribution in [2.75, 3.05) is 6.61 Å². The van der Waals surface area contributed by atoms with Crippen molar-refractivity contribution in [2.45, 2.75) is 65.6 Å². The van der Waals surface area contributed by atoms with Gasteiger partial charge in [-0.15, -0.1) is 0 Å². The van der Waals surface area contributed by atoms with Crippen molar-refractivity contribution in [3.63, 3.8) is 0 Å². The summed E-state index contributed by atoms with van der Waals surface area (Å²) in [4.78, 5) is 39.6. The smallest absolute Gasteiger partial charge is 0.408 e. The van der Waals surface area contributed by atoms with E-state index in [1.54, 1.807) is 20.8 Å². The third-order valence-corrected chi connectivity index (χ3v) is 4.57. The highest BCUT2D eigenvalue weighted by molar-refractivity contribution is 6.06. The number of carbonyl (C=O) groups is 3. The molecule has 2 atom stereocenters. The fourth-order valence-electron chi connectivity index (χ4n) is 3.26. The molecule has 0 fully saturated rings. The van der Waals surface area contributed by atoms with Gasteiger partial charge in [-0.1, -0.05) is 44.2 Å². The normalized spacial score (nSPS) is 17.6. The molecule has 3 amide bonds. The summed E-state index contributed by atoms with van der Waals surface area (Å²) in [6.45, 7) is 11.1. The molecule has 1 aliphatic rings. The second-order valence-electron chi connectivity index (χ2n) is 8.60. The van der Waals surface area contributed by atoms with Gasteiger partial charge in [0, 0.05) is 12.5 Å². The molecule has 164 valence electrons. The van der Waals surface area contributed by atoms with E-state index in [9.17, 15) is 14.4 Å². The molecular weight excluding hydrogens is 384 g/mol. The molecule has 30 heavy (non-hydrogen) atoms. The van der Waals surface area contributed by atoms with E-state index >= 15 is 0 Å². The van der Waals surface area contributed by atoms with Crippen LogP contribution in [-0.4, -0.2) is 47.1 Å². The number of amides is 3. The first kappa shape index (κ1) is 23.4. The maximum Gasteiger partial charge on any atom is 0.408 e. The molecule has 2 rings (SSSR count). The Morgan fingerprint density at radius 1 is 1.17 bits per heavy atom. The zero-order valence-electron chi connectivity index (χ0n) is 18.6. The quantitative estimate of drug-likeness (QED) is 0.736. The predicted octanol–water partition coefficient (Wildman–Crippen LogP) is 3.44. The summed E-state index contributed by atoms with van der Waals surface area (Å²) in [7, 11) is 0. The number of nitrogens with one attached hydrogen (secondary N) is 1. The highest BCUT2D eigenvalue weighted by Gasteiger charge is 2.42. The lowest BCUT2D eigenvalue weighted by atomic mass is 10.00. The first-order chi connectivity index (χ1) is 14.0. The van der Waals surface area contributed by atoms with Gasteiger partial charge >= 0.3 is 6.09 Å². The van der Waals surface area contributed by atoms with E-state index in [-0.39, 0.29) is 5.92 Å². The summed E-state index contributed by atoms with van der Waals surface area (Å²) in [5.74, 6) is -0.709. The minimum absolute atomic E-state index is 0.244. The van der Waals surface area contributed by atoms with E-state index in [1.807, 2.05) is 51.1 Å². The minimum Gasteiger partial charge on any atom is -0.496 e. The van der Waals surface area contributed by atoms with Gasteiger partial charge in [0.2, 0.25) is 0 Å². The number of ether oxygens (including phenoxy) is 2. The van der Waals surface area contributed by atoms with Gasteiger partial charge in [-0.2, -0.15) is 0 Å². The van der Waals surface area contributed by atoms with Gasteiger partial charge in [-0.25, -0.2) is 4.79 Å². The van der Waals surface area contributed by atoms with Crippen molar-refractivity contribution in [3.8, 4) is 0 Å². The number of nitrogens with zero attached hydrogens (tertiary/aromatic N) is 1. The molecule has 0 bridgehead atoms. The number of hydrogen-bond donors (Lipinski definition) is 1. The van der Waals surface area contributed by atoms with Gasteiger partial charge in [0.1, 0.15) is 23.4 Å². The molecule has 0 aliphatic carbocycles. The molecule has 1 heterocycles. The third-order valence-electron chi connectivity index (χ3n) is 4.57. The Morgan fingerprint density at radius 2 is 1.80 bits per heavy atom. The van der Waals surface area contributed by atoms with Gasteiger partial charge in [0.25, 0.3) is 11.8 Å². The van der Waals surface area contributed by atoms with Gasteiger partial charge in [-0.05, 0) is 39.2 Å². The molecule has 0 saturated carbocycles. The van der Waals surface area contributed by atoms with Crippen molar-refractivity contribution < 1.29 is 23.9 Å². The fraction of sp³-hybridized carbons (Fsp3) is 0.522. The molecule has 0 radical (unpaired) electrons. The molecule has 1 aliphatic heterocycles. The van der Waals surface area contributed by atoms with Crippen LogP contribution in [0.15, 0.2) is 42.2 Å². The second kappa shape index (κ2) is 9.78. The molecule has 7 heteroatoms. The lowest BCUT2D eigenvalue weighted by Gasteiger charge is -2.31. The van der Waals surface area contributed by atoms with Gasteiger partial charge < -0.3 is 14.8 Å². The highest BCUT2D eigenvalue weighted by Crippen LogP contribution is 2.26. The molecule has 0 saturated heterocycles. The van der Waals surface area contributed by atoms with E-state index in [2.05, 4.69) is 5.32 Å². The van der Waals surface area contributed by atoms with Crippen LogP contribution in [0.5, 0.6) is 0 Å². The molecule has 1 N–H and O–H groups in total. The van der Waals surface area contributed by atoms with Gasteiger partial charge in [0.15, 0.2) is 0 Å². The van der Waals surface area contributed by atoms with Crippen LogP contribution in [0.3, 0.4) is 0 Å². The lowest BCUT2D eigenvalue weighted by Crippen LogP contribution is -2.55. The van der Waals surface area contributed by atoms with Crippen LogP contribution < -0.4 is 5.32 Å². The Kier molecular flexibility index (Phi) is 7.65. The molecular formula is C23H32N2O5. The highest BCUT2D eigenvalue weighted by atomic mass is 16.6. The van der Waals surface area contributed by atoms with E-state index in [4.69, 9.17) is 9.47 Å². The maximum atomic E-state index is 13.4. The number of benzene rings is 1. The average molecular weight is 417 g/mol. The van der Waals surface area contributed by atoms with Crippen LogP contribution >= 0.6 is 0 Å². The topological polar surface area (TPSA) is 84.9 Å². The summed E-state index contributed by atoms with van der Waals surface area (Å²) in [6.07, 6.45) is 1.10. The molecule has 1 aromatic carbocycles. The van der Waals surface area contributed by atoms with E-state index in [0.717, 1.165) is 5.56 Å². The number of rotatable bonds is 7. The average Bonchev–Trinajstić information content (AvgIpc) is 2.93. The monoisotopic (exact) mass is 416 g/mol. The second-order valence-corrected chi connectivity index (χ2v) is 8.60. The van der Waals surface area contributed by atoms with Crippen molar-refractivity contribution in [2.24, 2.45) is 5.92 Å². The maximum absolute atomic E-state index is 13.4. The zero-order chi connectivity index (χ0) is 22.5. The third kappa shape index (κ3) is 6.08. The van der Waals surface area contributed by atoms with Crippen molar-refractivity contribution in [1.29, 1.82) is 0 Å². The van der Waals surface area contributed by atoms with Crippen molar-refractivity contribution in [3.05, 3.63) is 47.7 Å². The molecule has 0 aromatic heterocycles. The minimum atomic E-state index is -0.906. The standard InChI is InChI=1S/C23H32N2O5/c1-7-29-18-14-19(26)25(17(18)13-16-11-9-8-10-12-16)21(27)20(15(2)3)24-22(28)30-23(4,5)6/h8-12,14-15,17,20H,7,13H2,1-6H3,(H,24,28)/t17-,20-/m0/s1. The number of hydrogen-bond acceptors (Lipinski definition) is 5. The van der Waals surface area contributed by atoms with Gasteiger partial charge in [-0.3, -0.25) is 14.5 Å². The van der Waals surface area contributed by atoms with E-state index < -0.39 is 35.6 Å². The predicted molar refractivity (Wildman–Crippen MR) is 113 cm³/mol. The molecule has 0 unspecified atom stereocenters. The fourth-order valence-corrected chi connectivity index (χ4v) is 3.26. The van der Waals surface area contributed by atoms with Crippen LogP contribution in [0, 0.1) is 5.92 Å². The van der Waals surface area contributed by atoms with Crippen molar-refractivity contribution >= 4 is 17.9 Å². The Labute approximate surface area is 178 Å². The Morgan fingerprint density at radius 3 is 2.33 bits per heavy atom. The number of alkyl carbamates (subject to hydrolysis) is 1. The van der Waals surface area contributed by atoms with Crippen LogP contribution in [0.25, 0.3) is 0 Å². The number of imide groups is 1. The summed E-state index contributed by atoms with van der Waals surface area (Å²) in [5.41, 5.74) is 0.277. The van der Waals surface area contributed by atoms with Crippen LogP contribution in [-0.2, 0) is 25.5 Å². The van der Waals surface area contributed by atoms with Crippen LogP contribution in [0.1, 0.15) is 47.1 Å². The zero-order valence-corrected chi connectivity index (χ0v) is 18.6. The number of carbonyl (C=O) groups excluding carboxylic acids is 3. The summed E-state index contributed by atoms with van der Waals surface area (Å²) < 4.78 is 11.0. The lowest BCUT2D eigenvalue weighted by molar-refractivity contribution is -0.145. The molecule has 0 spiro atoms. The first-order valence-corrected chi connectivity index (χ1v) is 10.3. The Bertz CT molecular complexity index is 796. The molecule has 1 aromatic rings. The molecule has 7 nitrogen and oxygen atoms in total. The van der Waals surface area contributed by atoms with Crippen molar-refractivity contribution in [1.82, 2.24) is 10.2 Å². The first-order valence-electron chi connectivity index (χ1n) is 10.3.